The van der Waals surface area contributed by atoms with Gasteiger partial charge in [-0.1, -0.05) is 41.5 Å². The Morgan fingerprint density at radius 3 is 1.93 bits per heavy atom. The minimum atomic E-state index is -0.672. The zero-order valence-corrected chi connectivity index (χ0v) is 21.4. The second-order valence-corrected chi connectivity index (χ2v) is 9.84. The van der Waals surface area contributed by atoms with Crippen LogP contribution in [0.5, 0.6) is 11.5 Å². The number of benzene rings is 1. The quantitative estimate of drug-likeness (QED) is 0.407. The first-order valence-electron chi connectivity index (χ1n) is 9.70. The molecule has 156 valence electrons. The van der Waals surface area contributed by atoms with Gasteiger partial charge in [0.15, 0.2) is 17.3 Å². The van der Waals surface area contributed by atoms with Crippen molar-refractivity contribution in [2.24, 2.45) is 11.3 Å². The number of Topliss-reactive ketones (excluding diaryl/α,β-unsaturated/α-hetero) is 1. The molecule has 0 spiro atoms. The summed E-state index contributed by atoms with van der Waals surface area (Å²) in [5, 5.41) is 0. The summed E-state index contributed by atoms with van der Waals surface area (Å²) in [6, 6.07) is 0. The summed E-state index contributed by atoms with van der Waals surface area (Å²) in [7, 11) is 2.14. The number of hydrogen-bond acceptors (Lipinski definition) is 4. The Kier molecular flexibility index (Phi) is 7.45. The molecule has 0 aromatic heterocycles. The van der Waals surface area contributed by atoms with Gasteiger partial charge in [-0.05, 0) is 49.5 Å². The highest BCUT2D eigenvalue weighted by Crippen LogP contribution is 2.45. The van der Waals surface area contributed by atoms with Crippen LogP contribution < -0.4 is 9.16 Å². The summed E-state index contributed by atoms with van der Waals surface area (Å²) in [5.74, 6) is 0.455. The van der Waals surface area contributed by atoms with Crippen molar-refractivity contribution in [1.29, 1.82) is 0 Å². The van der Waals surface area contributed by atoms with Crippen molar-refractivity contribution in [2.45, 2.75) is 67.7 Å². The number of ketones is 2. The monoisotopic (exact) mass is 404 g/mol. The van der Waals surface area contributed by atoms with Crippen LogP contribution in [0.3, 0.4) is 0 Å². The third-order valence-electron chi connectivity index (χ3n) is 5.15. The fraction of sp³-hybridized carbons (Fsp3) is 0.565. The number of carbonyl (C=O) groups is 2. The highest BCUT2D eigenvalue weighted by atomic mass is 28.2. The lowest BCUT2D eigenvalue weighted by Gasteiger charge is -2.29. The maximum absolute atomic E-state index is 12.6. The third kappa shape index (κ3) is 4.93. The van der Waals surface area contributed by atoms with Crippen LogP contribution >= 0.6 is 0 Å². The van der Waals surface area contributed by atoms with E-state index in [9.17, 15) is 9.59 Å². The van der Waals surface area contributed by atoms with Crippen LogP contribution in [-0.4, -0.2) is 29.2 Å². The predicted octanol–water partition coefficient (Wildman–Crippen LogP) is 4.10. The summed E-state index contributed by atoms with van der Waals surface area (Å²) in [6.45, 7) is 17.7. The third-order valence-corrected chi connectivity index (χ3v) is 5.56. The molecule has 0 aliphatic carbocycles. The second kappa shape index (κ2) is 8.64. The molecule has 1 aromatic rings. The summed E-state index contributed by atoms with van der Waals surface area (Å²) in [6.07, 6.45) is 3.26. The van der Waals surface area contributed by atoms with Gasteiger partial charge in [-0.25, -0.2) is 0 Å². The number of carbonyl (C=O) groups excluding carboxylic acids is 2. The normalized spacial score (nSPS) is 13.6. The van der Waals surface area contributed by atoms with Crippen molar-refractivity contribution in [3.8, 4) is 11.5 Å². The van der Waals surface area contributed by atoms with E-state index in [-0.39, 0.29) is 17.0 Å². The topological polar surface area (TPSA) is 52.6 Å². The van der Waals surface area contributed by atoms with Crippen LogP contribution in [-0.2, 0) is 15.0 Å². The SMILES string of the molecule is COc1c(O[SiH3])c(/C=C/C(=O)C(C)C(=O)C(C)(C)C)c(C)c(C)c1C(C)(C)C. The summed E-state index contributed by atoms with van der Waals surface area (Å²) in [5.41, 5.74) is 3.46. The minimum absolute atomic E-state index is 0.0601. The van der Waals surface area contributed by atoms with Gasteiger partial charge < -0.3 is 9.16 Å². The smallest absolute Gasteiger partial charge is 0.204 e. The molecule has 0 heterocycles. The van der Waals surface area contributed by atoms with E-state index in [1.807, 2.05) is 27.7 Å². The maximum atomic E-state index is 12.6. The van der Waals surface area contributed by atoms with Gasteiger partial charge in [0.25, 0.3) is 0 Å². The van der Waals surface area contributed by atoms with Crippen LogP contribution in [0.15, 0.2) is 6.08 Å². The molecule has 1 unspecified atom stereocenters. The van der Waals surface area contributed by atoms with E-state index in [0.29, 0.717) is 16.2 Å². The molecule has 0 aliphatic rings. The van der Waals surface area contributed by atoms with Crippen molar-refractivity contribution < 1.29 is 18.8 Å². The average molecular weight is 405 g/mol. The first-order chi connectivity index (χ1) is 12.7. The molecule has 0 saturated carbocycles. The molecular formula is C23H36O4Si. The standard InChI is InChI=1S/C23H36O4Si/c1-13-14(2)18(22(4,5)6)20(26-10)19(27-28)16(13)11-12-17(24)15(3)21(25)23(7,8)9/h11-12,15H,1-10,28H3/b12-11+. The Morgan fingerprint density at radius 2 is 1.54 bits per heavy atom. The van der Waals surface area contributed by atoms with Crippen LogP contribution in [0.25, 0.3) is 6.08 Å². The Hall–Kier alpha value is -1.88. The molecule has 0 bridgehead atoms. The molecule has 5 heteroatoms. The molecule has 0 N–H and O–H groups in total. The van der Waals surface area contributed by atoms with Crippen LogP contribution in [0, 0.1) is 25.2 Å². The van der Waals surface area contributed by atoms with E-state index >= 15 is 0 Å². The lowest BCUT2D eigenvalue weighted by molar-refractivity contribution is -0.135. The second-order valence-electron chi connectivity index (χ2n) is 9.43. The lowest BCUT2D eigenvalue weighted by Crippen LogP contribution is -2.30. The van der Waals surface area contributed by atoms with Crippen molar-refractivity contribution in [3.05, 3.63) is 28.3 Å². The molecule has 28 heavy (non-hydrogen) atoms. The predicted molar refractivity (Wildman–Crippen MR) is 119 cm³/mol. The molecule has 0 amide bonds. The number of rotatable bonds is 6. The highest BCUT2D eigenvalue weighted by molar-refractivity contribution is 6.10. The maximum Gasteiger partial charge on any atom is 0.204 e. The fourth-order valence-electron chi connectivity index (χ4n) is 3.56. The highest BCUT2D eigenvalue weighted by Gasteiger charge is 2.31. The molecule has 0 fully saturated rings. The Balaban J connectivity index is 3.51. The van der Waals surface area contributed by atoms with Gasteiger partial charge >= 0.3 is 0 Å². The van der Waals surface area contributed by atoms with Crippen molar-refractivity contribution >= 4 is 28.1 Å². The minimum Gasteiger partial charge on any atom is -0.550 e. The van der Waals surface area contributed by atoms with Gasteiger partial charge in [0.1, 0.15) is 5.78 Å². The largest absolute Gasteiger partial charge is 0.550 e. The number of ether oxygens (including phenoxy) is 1. The molecule has 1 rings (SSSR count). The van der Waals surface area contributed by atoms with Gasteiger partial charge in [-0.15, -0.1) is 0 Å². The van der Waals surface area contributed by atoms with Gasteiger partial charge in [0, 0.05) is 16.5 Å². The summed E-state index contributed by atoms with van der Waals surface area (Å²) in [4.78, 5) is 25.0. The molecular weight excluding hydrogens is 368 g/mol. The van der Waals surface area contributed by atoms with Gasteiger partial charge in [-0.2, -0.15) is 0 Å². The van der Waals surface area contributed by atoms with Crippen molar-refractivity contribution in [2.75, 3.05) is 7.11 Å². The van der Waals surface area contributed by atoms with Gasteiger partial charge in [-0.3, -0.25) is 9.59 Å². The number of hydrogen-bond donors (Lipinski definition) is 0. The zero-order valence-electron chi connectivity index (χ0n) is 19.4. The molecule has 0 radical (unpaired) electrons. The van der Waals surface area contributed by atoms with E-state index in [1.165, 1.54) is 6.08 Å². The first kappa shape index (κ1) is 24.2. The summed E-state index contributed by atoms with van der Waals surface area (Å²) < 4.78 is 11.5. The van der Waals surface area contributed by atoms with E-state index < -0.39 is 11.3 Å². The molecule has 0 saturated heterocycles. The average Bonchev–Trinajstić information content (AvgIpc) is 2.58. The van der Waals surface area contributed by atoms with Crippen LogP contribution in [0.2, 0.25) is 0 Å². The summed E-state index contributed by atoms with van der Waals surface area (Å²) >= 11 is 0. The van der Waals surface area contributed by atoms with Crippen molar-refractivity contribution in [3.63, 3.8) is 0 Å². The van der Waals surface area contributed by atoms with E-state index in [2.05, 4.69) is 27.7 Å². The Bertz CT molecular complexity index is 793. The van der Waals surface area contributed by atoms with Gasteiger partial charge in [0.05, 0.1) is 13.0 Å². The van der Waals surface area contributed by atoms with Gasteiger partial charge in [0.2, 0.25) is 10.5 Å². The molecule has 0 aliphatic heterocycles. The Labute approximate surface area is 173 Å². The number of methoxy groups -OCH3 is 1. The Morgan fingerprint density at radius 1 is 1.00 bits per heavy atom. The van der Waals surface area contributed by atoms with E-state index in [0.717, 1.165) is 28.0 Å². The van der Waals surface area contributed by atoms with E-state index in [4.69, 9.17) is 9.16 Å². The number of allylic oxidation sites excluding steroid dienone is 1. The van der Waals surface area contributed by atoms with Crippen LogP contribution in [0.1, 0.15) is 70.7 Å². The molecule has 1 atom stereocenters. The molecule has 1 aromatic carbocycles. The van der Waals surface area contributed by atoms with Crippen LogP contribution in [0.4, 0.5) is 0 Å². The van der Waals surface area contributed by atoms with E-state index in [1.54, 1.807) is 20.1 Å². The first-order valence-corrected chi connectivity index (χ1v) is 10.5. The zero-order chi connectivity index (χ0) is 22.0. The fourth-order valence-corrected chi connectivity index (χ4v) is 3.96. The van der Waals surface area contributed by atoms with Crippen molar-refractivity contribution in [1.82, 2.24) is 0 Å². The molecule has 4 nitrogen and oxygen atoms in total. The lowest BCUT2D eigenvalue weighted by atomic mass is 9.80.